The summed E-state index contributed by atoms with van der Waals surface area (Å²) < 4.78 is 11.3. The molecule has 0 fully saturated rings. The zero-order valence-corrected chi connectivity index (χ0v) is 26.0. The highest BCUT2D eigenvalue weighted by molar-refractivity contribution is 6.47. The van der Waals surface area contributed by atoms with Crippen molar-refractivity contribution >= 4 is 29.4 Å². The minimum Gasteiger partial charge on any atom is -0.444 e. The van der Waals surface area contributed by atoms with E-state index in [9.17, 15) is 19.2 Å². The standard InChI is InChI=1S/C34H40N4O6/c1-23-19-34(20-24-13-9-7-10-14-24)28(35-17-18-38(34)29(23)40)27(39)26(22-43-21-25-15-11-8-12-16-25)36-30(41)33(5,6)37-31(42)44-32(2,3)4/h7-19,26H,20-22H2,1-6H3,(H,36,41)(H,37,42)/t26-,34-/m1/s1. The van der Waals surface area contributed by atoms with E-state index in [1.54, 1.807) is 40.0 Å². The molecule has 2 aromatic carbocycles. The molecule has 232 valence electrons. The number of Topliss-reactive ketones (excluding diaryl/α,β-unsaturated/α-hetero) is 1. The average Bonchev–Trinajstić information content (AvgIpc) is 3.20. The zero-order chi connectivity index (χ0) is 32.1. The largest absolute Gasteiger partial charge is 0.444 e. The molecule has 44 heavy (non-hydrogen) atoms. The molecule has 4 rings (SSSR count). The molecule has 10 nitrogen and oxygen atoms in total. The van der Waals surface area contributed by atoms with E-state index < -0.39 is 40.5 Å². The minimum absolute atomic E-state index is 0.0978. The molecule has 0 saturated carbocycles. The summed E-state index contributed by atoms with van der Waals surface area (Å²) in [5, 5.41) is 5.36. The van der Waals surface area contributed by atoms with Gasteiger partial charge in [0.2, 0.25) is 11.7 Å². The normalized spacial score (nSPS) is 18.6. The summed E-state index contributed by atoms with van der Waals surface area (Å²) in [5.41, 5.74) is -1.03. The molecule has 0 aliphatic carbocycles. The van der Waals surface area contributed by atoms with E-state index in [1.165, 1.54) is 24.9 Å². The first-order chi connectivity index (χ1) is 20.7. The van der Waals surface area contributed by atoms with E-state index in [0.717, 1.165) is 11.1 Å². The third-order valence-electron chi connectivity index (χ3n) is 7.22. The first-order valence-electron chi connectivity index (χ1n) is 14.5. The lowest BCUT2D eigenvalue weighted by Crippen LogP contribution is -2.62. The number of hydrogen-bond acceptors (Lipinski definition) is 7. The van der Waals surface area contributed by atoms with Gasteiger partial charge in [-0.1, -0.05) is 60.7 Å². The summed E-state index contributed by atoms with van der Waals surface area (Å²) >= 11 is 0. The Hall–Kier alpha value is -4.57. The number of nitrogens with zero attached hydrogens (tertiary/aromatic N) is 2. The Kier molecular flexibility index (Phi) is 9.53. The van der Waals surface area contributed by atoms with Gasteiger partial charge in [-0.05, 0) is 58.7 Å². The predicted molar refractivity (Wildman–Crippen MR) is 167 cm³/mol. The number of nitrogens with one attached hydrogen (secondary N) is 2. The molecule has 2 aliphatic rings. The van der Waals surface area contributed by atoms with Crippen molar-refractivity contribution in [1.82, 2.24) is 15.5 Å². The number of benzene rings is 2. The topological polar surface area (TPSA) is 126 Å². The number of amides is 3. The van der Waals surface area contributed by atoms with Gasteiger partial charge >= 0.3 is 6.09 Å². The highest BCUT2D eigenvalue weighted by atomic mass is 16.6. The number of fused-ring (bicyclic) bond motifs is 1. The van der Waals surface area contributed by atoms with Crippen LogP contribution >= 0.6 is 0 Å². The van der Waals surface area contributed by atoms with Crippen LogP contribution in [0.5, 0.6) is 0 Å². The van der Waals surface area contributed by atoms with Crippen LogP contribution < -0.4 is 10.6 Å². The van der Waals surface area contributed by atoms with Gasteiger partial charge in [-0.15, -0.1) is 0 Å². The molecule has 0 unspecified atom stereocenters. The van der Waals surface area contributed by atoms with Gasteiger partial charge in [0.25, 0.3) is 5.91 Å². The Morgan fingerprint density at radius 2 is 1.57 bits per heavy atom. The first-order valence-corrected chi connectivity index (χ1v) is 14.5. The van der Waals surface area contributed by atoms with Gasteiger partial charge in [-0.3, -0.25) is 24.3 Å². The highest BCUT2D eigenvalue weighted by Crippen LogP contribution is 2.36. The summed E-state index contributed by atoms with van der Waals surface area (Å²) in [4.78, 5) is 59.7. The third-order valence-corrected chi connectivity index (χ3v) is 7.22. The van der Waals surface area contributed by atoms with Gasteiger partial charge in [0.05, 0.1) is 13.2 Å². The third kappa shape index (κ3) is 7.49. The number of rotatable bonds is 11. The Balaban J connectivity index is 1.64. The summed E-state index contributed by atoms with van der Waals surface area (Å²) in [6, 6.07) is 17.8. The lowest BCUT2D eigenvalue weighted by molar-refractivity contribution is -0.131. The van der Waals surface area contributed by atoms with E-state index in [1.807, 2.05) is 60.7 Å². The fourth-order valence-corrected chi connectivity index (χ4v) is 5.11. The molecule has 2 heterocycles. The average molecular weight is 601 g/mol. The Morgan fingerprint density at radius 3 is 2.18 bits per heavy atom. The number of hydrogen-bond donors (Lipinski definition) is 2. The maximum Gasteiger partial charge on any atom is 0.408 e. The van der Waals surface area contributed by atoms with Crippen molar-refractivity contribution in [3.63, 3.8) is 0 Å². The maximum absolute atomic E-state index is 14.4. The van der Waals surface area contributed by atoms with Gasteiger partial charge in [0.1, 0.15) is 28.4 Å². The maximum atomic E-state index is 14.4. The lowest BCUT2D eigenvalue weighted by Gasteiger charge is -2.39. The van der Waals surface area contributed by atoms with E-state index in [4.69, 9.17) is 9.47 Å². The van der Waals surface area contributed by atoms with Crippen LogP contribution in [0.4, 0.5) is 4.79 Å². The SMILES string of the molecule is CC1=C[C@@]2(Cc3ccccc3)C(C(=O)[C@@H](COCc3ccccc3)NC(=O)C(C)(C)NC(=O)OC(C)(C)C)=NC=CN2C1=O. The molecular weight excluding hydrogens is 560 g/mol. The van der Waals surface area contributed by atoms with Crippen molar-refractivity contribution in [2.45, 2.75) is 77.3 Å². The fourth-order valence-electron chi connectivity index (χ4n) is 5.11. The summed E-state index contributed by atoms with van der Waals surface area (Å²) in [6.45, 7) is 9.91. The second-order valence-electron chi connectivity index (χ2n) is 12.5. The number of alkyl carbamates (subject to hydrolysis) is 1. The molecule has 2 atom stereocenters. The van der Waals surface area contributed by atoms with Crippen LogP contribution in [0.15, 0.2) is 89.7 Å². The number of carbonyl (C=O) groups is 4. The van der Waals surface area contributed by atoms with Crippen molar-refractivity contribution in [2.24, 2.45) is 4.99 Å². The zero-order valence-electron chi connectivity index (χ0n) is 26.0. The molecule has 0 radical (unpaired) electrons. The number of ether oxygens (including phenoxy) is 2. The van der Waals surface area contributed by atoms with Crippen LogP contribution in [-0.2, 0) is 36.9 Å². The molecule has 0 bridgehead atoms. The summed E-state index contributed by atoms with van der Waals surface area (Å²) in [5.74, 6) is -1.37. The van der Waals surface area contributed by atoms with E-state index in [2.05, 4.69) is 15.6 Å². The van der Waals surface area contributed by atoms with E-state index in [-0.39, 0.29) is 24.8 Å². The van der Waals surface area contributed by atoms with Crippen LogP contribution in [0.25, 0.3) is 0 Å². The van der Waals surface area contributed by atoms with Crippen molar-refractivity contribution in [2.75, 3.05) is 6.61 Å². The van der Waals surface area contributed by atoms with Crippen molar-refractivity contribution in [3.8, 4) is 0 Å². The van der Waals surface area contributed by atoms with Gasteiger partial charge in [0.15, 0.2) is 0 Å². The smallest absolute Gasteiger partial charge is 0.408 e. The number of ketones is 1. The Labute approximate surface area is 258 Å². The molecule has 2 aliphatic heterocycles. The molecule has 0 spiro atoms. The molecule has 3 amide bonds. The van der Waals surface area contributed by atoms with Crippen LogP contribution in [0.1, 0.15) is 52.7 Å². The van der Waals surface area contributed by atoms with Crippen LogP contribution in [0.2, 0.25) is 0 Å². The van der Waals surface area contributed by atoms with Gasteiger partial charge in [-0.25, -0.2) is 4.79 Å². The minimum atomic E-state index is -1.44. The molecular formula is C34H40N4O6. The number of aliphatic imine (C=N–C) groups is 1. The number of carbonyl (C=O) groups excluding carboxylic acids is 4. The van der Waals surface area contributed by atoms with Crippen molar-refractivity contribution < 1.29 is 28.7 Å². The second kappa shape index (κ2) is 13.0. The van der Waals surface area contributed by atoms with Crippen LogP contribution in [-0.4, -0.2) is 63.6 Å². The van der Waals surface area contributed by atoms with E-state index >= 15 is 0 Å². The second-order valence-corrected chi connectivity index (χ2v) is 12.5. The molecule has 0 aromatic heterocycles. The summed E-state index contributed by atoms with van der Waals surface area (Å²) in [7, 11) is 0. The van der Waals surface area contributed by atoms with Gasteiger partial charge < -0.3 is 20.1 Å². The quantitative estimate of drug-likeness (QED) is 0.397. The monoisotopic (exact) mass is 600 g/mol. The van der Waals surface area contributed by atoms with Crippen LogP contribution in [0, 0.1) is 0 Å². The molecule has 0 saturated heterocycles. The van der Waals surface area contributed by atoms with Gasteiger partial charge in [-0.2, -0.15) is 0 Å². The van der Waals surface area contributed by atoms with Crippen molar-refractivity contribution in [3.05, 3.63) is 95.8 Å². The van der Waals surface area contributed by atoms with E-state index in [0.29, 0.717) is 12.0 Å². The predicted octanol–water partition coefficient (Wildman–Crippen LogP) is 4.26. The highest BCUT2D eigenvalue weighted by Gasteiger charge is 2.51. The molecule has 2 aromatic rings. The van der Waals surface area contributed by atoms with Gasteiger partial charge in [0, 0.05) is 24.4 Å². The molecule has 10 heteroatoms. The van der Waals surface area contributed by atoms with Crippen molar-refractivity contribution in [1.29, 1.82) is 0 Å². The first kappa shape index (κ1) is 32.3. The Morgan fingerprint density at radius 1 is 0.955 bits per heavy atom. The Bertz CT molecular complexity index is 1490. The lowest BCUT2D eigenvalue weighted by atomic mass is 9.81. The fraction of sp³-hybridized carbons (Fsp3) is 0.382. The summed E-state index contributed by atoms with van der Waals surface area (Å²) in [6.07, 6.45) is 4.27. The van der Waals surface area contributed by atoms with Crippen LogP contribution in [0.3, 0.4) is 0 Å². The molecule has 2 N–H and O–H groups in total.